The summed E-state index contributed by atoms with van der Waals surface area (Å²) in [5.74, 6) is -0.724. The minimum atomic E-state index is -4.40. The van der Waals surface area contributed by atoms with Gasteiger partial charge in [-0.05, 0) is 17.7 Å². The van der Waals surface area contributed by atoms with Crippen molar-refractivity contribution in [3.05, 3.63) is 53.5 Å². The molecule has 0 fully saturated rings. The zero-order chi connectivity index (χ0) is 16.2. The molecule has 0 atom stereocenters. The van der Waals surface area contributed by atoms with Gasteiger partial charge in [0.1, 0.15) is 0 Å². The Bertz CT molecular complexity index is 698. The van der Waals surface area contributed by atoms with E-state index in [1.807, 2.05) is 0 Å². The summed E-state index contributed by atoms with van der Waals surface area (Å²) < 4.78 is 37.2. The number of hydrogen-bond acceptors (Lipinski definition) is 5. The predicted molar refractivity (Wildman–Crippen MR) is 72.9 cm³/mol. The lowest BCUT2D eigenvalue weighted by Gasteiger charge is -2.05. The van der Waals surface area contributed by atoms with E-state index in [-0.39, 0.29) is 11.5 Å². The Hall–Kier alpha value is -2.97. The van der Waals surface area contributed by atoms with Crippen LogP contribution in [0.1, 0.15) is 21.6 Å². The summed E-state index contributed by atoms with van der Waals surface area (Å²) >= 11 is 0. The van der Waals surface area contributed by atoms with Crippen LogP contribution in [0.5, 0.6) is 0 Å². The van der Waals surface area contributed by atoms with E-state index in [2.05, 4.69) is 20.5 Å². The first-order chi connectivity index (χ1) is 10.4. The number of benzene rings is 1. The number of anilines is 1. The molecule has 0 spiro atoms. The van der Waals surface area contributed by atoms with Crippen molar-refractivity contribution in [2.75, 3.05) is 5.73 Å². The zero-order valence-corrected chi connectivity index (χ0v) is 11.0. The third kappa shape index (κ3) is 3.78. The molecule has 0 aliphatic carbocycles. The molecule has 6 nitrogen and oxygen atoms in total. The summed E-state index contributed by atoms with van der Waals surface area (Å²) in [6.45, 7) is 0. The molecular weight excluding hydrogens is 299 g/mol. The molecule has 2 aromatic rings. The molecule has 3 N–H and O–H groups in total. The Kier molecular flexibility index (Phi) is 4.35. The number of nitrogens with zero attached hydrogens (tertiary/aromatic N) is 3. The number of carbonyl (C=O) groups is 1. The quantitative estimate of drug-likeness (QED) is 0.668. The summed E-state index contributed by atoms with van der Waals surface area (Å²) in [5.41, 5.74) is 7.16. The number of nitrogen functional groups attached to an aromatic ring is 1. The number of hydrazone groups is 1. The predicted octanol–water partition coefficient (Wildman–Crippen LogP) is 1.84. The molecule has 9 heteroatoms. The standard InChI is InChI=1S/C13H10F3N5O/c14-13(15,16)9-3-1-8(2-4-9)7-20-21-12(22)10-11(17)19-6-5-18-10/h1-7H,(H2,17,19)(H,21,22)/b20-7+. The fourth-order valence-electron chi connectivity index (χ4n) is 1.50. The van der Waals surface area contributed by atoms with Crippen molar-refractivity contribution in [2.24, 2.45) is 5.10 Å². The van der Waals surface area contributed by atoms with Gasteiger partial charge in [-0.1, -0.05) is 12.1 Å². The van der Waals surface area contributed by atoms with Crippen molar-refractivity contribution in [1.29, 1.82) is 0 Å². The van der Waals surface area contributed by atoms with Crippen molar-refractivity contribution in [1.82, 2.24) is 15.4 Å². The Morgan fingerprint density at radius 3 is 2.41 bits per heavy atom. The first-order valence-electron chi connectivity index (χ1n) is 5.95. The number of nitrogens with one attached hydrogen (secondary N) is 1. The average Bonchev–Trinajstić information content (AvgIpc) is 2.47. The van der Waals surface area contributed by atoms with Crippen LogP contribution in [0, 0.1) is 0 Å². The van der Waals surface area contributed by atoms with Gasteiger partial charge in [0, 0.05) is 12.4 Å². The van der Waals surface area contributed by atoms with Gasteiger partial charge in [0.05, 0.1) is 11.8 Å². The Balaban J connectivity index is 2.01. The van der Waals surface area contributed by atoms with Crippen molar-refractivity contribution in [3.8, 4) is 0 Å². The zero-order valence-electron chi connectivity index (χ0n) is 11.0. The molecular formula is C13H10F3N5O. The summed E-state index contributed by atoms with van der Waals surface area (Å²) in [6.07, 6.45) is -0.569. The minimum absolute atomic E-state index is 0.0512. The third-order valence-corrected chi connectivity index (χ3v) is 2.56. The molecule has 2 rings (SSSR count). The summed E-state index contributed by atoms with van der Waals surface area (Å²) in [4.78, 5) is 19.1. The molecule has 0 radical (unpaired) electrons. The molecule has 0 aliphatic rings. The molecule has 0 saturated carbocycles. The second-order valence-electron chi connectivity index (χ2n) is 4.11. The molecule has 0 unspecified atom stereocenters. The van der Waals surface area contributed by atoms with Gasteiger partial charge < -0.3 is 5.73 Å². The maximum Gasteiger partial charge on any atom is 0.416 e. The molecule has 1 heterocycles. The summed E-state index contributed by atoms with van der Waals surface area (Å²) in [5, 5.41) is 3.62. The van der Waals surface area contributed by atoms with Crippen LogP contribution in [0.4, 0.5) is 19.0 Å². The van der Waals surface area contributed by atoms with Crippen molar-refractivity contribution in [3.63, 3.8) is 0 Å². The van der Waals surface area contributed by atoms with E-state index in [0.717, 1.165) is 12.1 Å². The Morgan fingerprint density at radius 2 is 1.82 bits per heavy atom. The van der Waals surface area contributed by atoms with E-state index in [9.17, 15) is 18.0 Å². The topological polar surface area (TPSA) is 93.3 Å². The van der Waals surface area contributed by atoms with E-state index in [0.29, 0.717) is 5.56 Å². The molecule has 0 bridgehead atoms. The molecule has 0 aliphatic heterocycles. The Labute approximate surface area is 122 Å². The highest BCUT2D eigenvalue weighted by Crippen LogP contribution is 2.28. The number of nitrogens with two attached hydrogens (primary N) is 1. The van der Waals surface area contributed by atoms with Crippen molar-refractivity contribution >= 4 is 17.9 Å². The van der Waals surface area contributed by atoms with E-state index < -0.39 is 17.6 Å². The van der Waals surface area contributed by atoms with Crippen LogP contribution < -0.4 is 11.2 Å². The fraction of sp³-hybridized carbons (Fsp3) is 0.0769. The number of amides is 1. The van der Waals surface area contributed by atoms with E-state index in [1.54, 1.807) is 0 Å². The minimum Gasteiger partial charge on any atom is -0.382 e. The molecule has 1 aromatic heterocycles. The maximum atomic E-state index is 12.4. The van der Waals surface area contributed by atoms with Gasteiger partial charge in [0.2, 0.25) is 0 Å². The lowest BCUT2D eigenvalue weighted by molar-refractivity contribution is -0.137. The second-order valence-corrected chi connectivity index (χ2v) is 4.11. The smallest absolute Gasteiger partial charge is 0.382 e. The number of halogens is 3. The van der Waals surface area contributed by atoms with Crippen molar-refractivity contribution < 1.29 is 18.0 Å². The summed E-state index contributed by atoms with van der Waals surface area (Å²) in [6, 6.07) is 4.30. The largest absolute Gasteiger partial charge is 0.416 e. The highest BCUT2D eigenvalue weighted by molar-refractivity contribution is 5.96. The number of alkyl halides is 3. The van der Waals surface area contributed by atoms with Gasteiger partial charge in [0.25, 0.3) is 5.91 Å². The highest BCUT2D eigenvalue weighted by Gasteiger charge is 2.29. The molecule has 1 aromatic carbocycles. The van der Waals surface area contributed by atoms with Crippen molar-refractivity contribution in [2.45, 2.75) is 6.18 Å². The number of aromatic nitrogens is 2. The SMILES string of the molecule is Nc1nccnc1C(=O)N/N=C/c1ccc(C(F)(F)F)cc1. The molecule has 0 saturated heterocycles. The fourth-order valence-corrected chi connectivity index (χ4v) is 1.50. The van der Waals surface area contributed by atoms with E-state index in [4.69, 9.17) is 5.73 Å². The lowest BCUT2D eigenvalue weighted by Crippen LogP contribution is -2.21. The third-order valence-electron chi connectivity index (χ3n) is 2.56. The number of hydrogen-bond donors (Lipinski definition) is 2. The van der Waals surface area contributed by atoms with Gasteiger partial charge in [0.15, 0.2) is 11.5 Å². The first-order valence-corrected chi connectivity index (χ1v) is 5.95. The normalized spacial score (nSPS) is 11.6. The first kappa shape index (κ1) is 15.4. The van der Waals surface area contributed by atoms with E-state index in [1.165, 1.54) is 30.7 Å². The number of carbonyl (C=O) groups excluding carboxylic acids is 1. The van der Waals surface area contributed by atoms with Gasteiger partial charge in [-0.25, -0.2) is 15.4 Å². The monoisotopic (exact) mass is 309 g/mol. The van der Waals surface area contributed by atoms with Crippen LogP contribution in [0.15, 0.2) is 41.8 Å². The van der Waals surface area contributed by atoms with Crippen LogP contribution >= 0.6 is 0 Å². The van der Waals surface area contributed by atoms with Gasteiger partial charge >= 0.3 is 6.18 Å². The molecule has 22 heavy (non-hydrogen) atoms. The maximum absolute atomic E-state index is 12.4. The summed E-state index contributed by atoms with van der Waals surface area (Å²) in [7, 11) is 0. The van der Waals surface area contributed by atoms with Gasteiger partial charge in [-0.2, -0.15) is 18.3 Å². The highest BCUT2D eigenvalue weighted by atomic mass is 19.4. The average molecular weight is 309 g/mol. The lowest BCUT2D eigenvalue weighted by atomic mass is 10.1. The molecule has 1 amide bonds. The van der Waals surface area contributed by atoms with Crippen LogP contribution in [0.2, 0.25) is 0 Å². The van der Waals surface area contributed by atoms with E-state index >= 15 is 0 Å². The number of rotatable bonds is 3. The Morgan fingerprint density at radius 1 is 1.18 bits per heavy atom. The molecule has 114 valence electrons. The van der Waals surface area contributed by atoms with Gasteiger partial charge in [-0.15, -0.1) is 0 Å². The van der Waals surface area contributed by atoms with Gasteiger partial charge in [-0.3, -0.25) is 4.79 Å². The van der Waals surface area contributed by atoms with Crippen LogP contribution in [-0.2, 0) is 6.18 Å². The second kappa shape index (κ2) is 6.20. The van der Waals surface area contributed by atoms with Crippen LogP contribution in [0.3, 0.4) is 0 Å². The van der Waals surface area contributed by atoms with Crippen LogP contribution in [-0.4, -0.2) is 22.1 Å². The van der Waals surface area contributed by atoms with Crippen LogP contribution in [0.25, 0.3) is 0 Å².